The molecule has 23 heavy (non-hydrogen) atoms. The van der Waals surface area contributed by atoms with Gasteiger partial charge in [-0.05, 0) is 30.5 Å². The van der Waals surface area contributed by atoms with Crippen molar-refractivity contribution in [3.05, 3.63) is 46.1 Å². The number of fused-ring (bicyclic) bond motifs is 1. The zero-order chi connectivity index (χ0) is 16.0. The first-order chi connectivity index (χ1) is 11.1. The monoisotopic (exact) mass is 329 g/mol. The van der Waals surface area contributed by atoms with Crippen molar-refractivity contribution >= 4 is 22.7 Å². The quantitative estimate of drug-likeness (QED) is 0.585. The van der Waals surface area contributed by atoms with E-state index >= 15 is 0 Å². The van der Waals surface area contributed by atoms with Gasteiger partial charge < -0.3 is 14.1 Å². The second-order valence-corrected chi connectivity index (χ2v) is 6.68. The van der Waals surface area contributed by atoms with Crippen molar-refractivity contribution in [2.75, 3.05) is 0 Å². The molecule has 3 aromatic rings. The minimum Gasteiger partial charge on any atom is -0.508 e. The van der Waals surface area contributed by atoms with E-state index in [-0.39, 0.29) is 5.75 Å². The predicted octanol–water partition coefficient (Wildman–Crippen LogP) is 2.80. The Morgan fingerprint density at radius 2 is 2.17 bits per heavy atom. The zero-order valence-corrected chi connectivity index (χ0v) is 13.3. The van der Waals surface area contributed by atoms with E-state index in [2.05, 4.69) is 10.2 Å². The number of phenolic OH excluding ortho intramolecular Hbond substituents is 1. The van der Waals surface area contributed by atoms with Crippen molar-refractivity contribution in [3.8, 4) is 5.75 Å². The zero-order valence-electron chi connectivity index (χ0n) is 12.5. The Bertz CT molecular complexity index is 943. The van der Waals surface area contributed by atoms with E-state index in [9.17, 15) is 9.90 Å². The Labute approximate surface area is 136 Å². The molecule has 0 spiro atoms. The van der Waals surface area contributed by atoms with Gasteiger partial charge in [0.05, 0.1) is 0 Å². The van der Waals surface area contributed by atoms with Gasteiger partial charge in [0.15, 0.2) is 5.16 Å². The molecule has 1 aromatic carbocycles. The summed E-state index contributed by atoms with van der Waals surface area (Å²) in [7, 11) is 1.98. The summed E-state index contributed by atoms with van der Waals surface area (Å²) >= 11 is 1.54. The molecule has 7 heteroatoms. The summed E-state index contributed by atoms with van der Waals surface area (Å²) < 4.78 is 7.17. The molecule has 0 amide bonds. The lowest BCUT2D eigenvalue weighted by atomic mass is 10.1. The fourth-order valence-corrected chi connectivity index (χ4v) is 3.54. The van der Waals surface area contributed by atoms with Crippen molar-refractivity contribution < 1.29 is 9.52 Å². The van der Waals surface area contributed by atoms with E-state index in [0.717, 1.165) is 21.9 Å². The molecular formula is C16H15N3O3S. The van der Waals surface area contributed by atoms with Gasteiger partial charge in [0.2, 0.25) is 0 Å². The highest BCUT2D eigenvalue weighted by Crippen LogP contribution is 2.39. The summed E-state index contributed by atoms with van der Waals surface area (Å²) in [6, 6.07) is 6.29. The lowest BCUT2D eigenvalue weighted by Crippen LogP contribution is -2.01. The van der Waals surface area contributed by atoms with Crippen LogP contribution in [0.3, 0.4) is 0 Å². The summed E-state index contributed by atoms with van der Waals surface area (Å²) in [6.07, 6.45) is 2.37. The van der Waals surface area contributed by atoms with Crippen LogP contribution in [-0.4, -0.2) is 19.9 Å². The molecule has 0 radical (unpaired) electrons. The topological polar surface area (TPSA) is 81.2 Å². The third-order valence-corrected chi connectivity index (χ3v) is 5.05. The molecule has 0 atom stereocenters. The first kappa shape index (κ1) is 14.3. The fraction of sp³-hybridized carbons (Fsp3) is 0.312. The van der Waals surface area contributed by atoms with Crippen molar-refractivity contribution in [2.24, 2.45) is 7.05 Å². The standard InChI is InChI=1S/C16H15N3O3S/c1-19-15(9-2-3-9)17-18-16(19)23-8-10-6-14(21)22-13-7-11(20)4-5-12(10)13/h4-7,9,20H,2-3,8H2,1H3. The second kappa shape index (κ2) is 5.42. The smallest absolute Gasteiger partial charge is 0.336 e. The van der Waals surface area contributed by atoms with Crippen LogP contribution in [0.1, 0.15) is 30.1 Å². The second-order valence-electron chi connectivity index (χ2n) is 5.73. The van der Waals surface area contributed by atoms with Crippen LogP contribution in [0.4, 0.5) is 0 Å². The van der Waals surface area contributed by atoms with Crippen molar-refractivity contribution in [1.29, 1.82) is 0 Å². The highest BCUT2D eigenvalue weighted by molar-refractivity contribution is 7.98. The third-order valence-electron chi connectivity index (χ3n) is 3.98. The first-order valence-electron chi connectivity index (χ1n) is 7.39. The summed E-state index contributed by atoms with van der Waals surface area (Å²) in [4.78, 5) is 11.7. The highest BCUT2D eigenvalue weighted by atomic mass is 32.2. The van der Waals surface area contributed by atoms with Crippen LogP contribution in [0.2, 0.25) is 0 Å². The molecule has 2 aromatic heterocycles. The van der Waals surface area contributed by atoms with E-state index in [1.54, 1.807) is 23.9 Å². The van der Waals surface area contributed by atoms with Crippen molar-refractivity contribution in [1.82, 2.24) is 14.8 Å². The Kier molecular flexibility index (Phi) is 3.37. The van der Waals surface area contributed by atoms with Gasteiger partial charge in [-0.1, -0.05) is 11.8 Å². The minimum absolute atomic E-state index is 0.0767. The first-order valence-corrected chi connectivity index (χ1v) is 8.38. The number of phenols is 1. The molecule has 0 unspecified atom stereocenters. The van der Waals surface area contributed by atoms with Gasteiger partial charge in [-0.3, -0.25) is 0 Å². The van der Waals surface area contributed by atoms with Crippen LogP contribution in [0, 0.1) is 0 Å². The fourth-order valence-electron chi connectivity index (χ4n) is 2.63. The SMILES string of the molecule is Cn1c(SCc2cc(=O)oc3cc(O)ccc23)nnc1C1CC1. The van der Waals surface area contributed by atoms with E-state index in [4.69, 9.17) is 4.42 Å². The Balaban J connectivity index is 1.64. The lowest BCUT2D eigenvalue weighted by molar-refractivity contribution is 0.473. The molecule has 6 nitrogen and oxygen atoms in total. The third kappa shape index (κ3) is 2.72. The predicted molar refractivity (Wildman–Crippen MR) is 86.7 cm³/mol. The van der Waals surface area contributed by atoms with E-state index < -0.39 is 5.63 Å². The largest absolute Gasteiger partial charge is 0.508 e. The minimum atomic E-state index is -0.421. The highest BCUT2D eigenvalue weighted by Gasteiger charge is 2.29. The average Bonchev–Trinajstić information content (AvgIpc) is 3.28. The molecule has 0 saturated heterocycles. The number of benzene rings is 1. The van der Waals surface area contributed by atoms with Crippen molar-refractivity contribution in [3.63, 3.8) is 0 Å². The van der Waals surface area contributed by atoms with Gasteiger partial charge in [0.1, 0.15) is 17.2 Å². The Morgan fingerprint density at radius 3 is 2.96 bits per heavy atom. The van der Waals surface area contributed by atoms with E-state index in [1.165, 1.54) is 25.0 Å². The van der Waals surface area contributed by atoms with Crippen LogP contribution < -0.4 is 5.63 Å². The Morgan fingerprint density at radius 1 is 1.35 bits per heavy atom. The molecule has 1 aliphatic carbocycles. The molecule has 0 aliphatic heterocycles. The van der Waals surface area contributed by atoms with Gasteiger partial charge in [-0.2, -0.15) is 0 Å². The molecule has 4 rings (SSSR count). The number of hydrogen-bond acceptors (Lipinski definition) is 6. The van der Waals surface area contributed by atoms with Crippen LogP contribution >= 0.6 is 11.8 Å². The maximum absolute atomic E-state index is 11.7. The van der Waals surface area contributed by atoms with E-state index in [1.807, 2.05) is 11.6 Å². The van der Waals surface area contributed by atoms with E-state index in [0.29, 0.717) is 17.3 Å². The van der Waals surface area contributed by atoms with Gasteiger partial charge in [0.25, 0.3) is 0 Å². The lowest BCUT2D eigenvalue weighted by Gasteiger charge is -2.06. The maximum atomic E-state index is 11.7. The summed E-state index contributed by atoms with van der Waals surface area (Å²) in [5.41, 5.74) is 0.831. The van der Waals surface area contributed by atoms with Crippen LogP contribution in [0.25, 0.3) is 11.0 Å². The summed E-state index contributed by atoms with van der Waals surface area (Å²) in [6.45, 7) is 0. The number of aromatic hydroxyl groups is 1. The number of thioether (sulfide) groups is 1. The average molecular weight is 329 g/mol. The van der Waals surface area contributed by atoms with Crippen LogP contribution in [-0.2, 0) is 12.8 Å². The number of nitrogens with zero attached hydrogens (tertiary/aromatic N) is 3. The van der Waals surface area contributed by atoms with Gasteiger partial charge in [-0.15, -0.1) is 10.2 Å². The van der Waals surface area contributed by atoms with Gasteiger partial charge in [-0.25, -0.2) is 4.79 Å². The molecule has 1 N–H and O–H groups in total. The maximum Gasteiger partial charge on any atom is 0.336 e. The molecule has 0 bridgehead atoms. The van der Waals surface area contributed by atoms with Gasteiger partial charge in [0, 0.05) is 36.2 Å². The number of rotatable bonds is 4. The summed E-state index contributed by atoms with van der Waals surface area (Å²) in [5, 5.41) is 19.7. The number of hydrogen-bond donors (Lipinski definition) is 1. The molecular weight excluding hydrogens is 314 g/mol. The van der Waals surface area contributed by atoms with Gasteiger partial charge >= 0.3 is 5.63 Å². The normalized spacial score (nSPS) is 14.5. The number of aromatic nitrogens is 3. The molecule has 1 saturated carbocycles. The summed E-state index contributed by atoms with van der Waals surface area (Å²) in [5.74, 6) is 2.25. The van der Waals surface area contributed by atoms with Crippen LogP contribution in [0.5, 0.6) is 5.75 Å². The molecule has 1 fully saturated rings. The molecule has 118 valence electrons. The molecule has 2 heterocycles. The Hall–Kier alpha value is -2.28. The van der Waals surface area contributed by atoms with Crippen LogP contribution in [0.15, 0.2) is 38.6 Å². The van der Waals surface area contributed by atoms with Crippen molar-refractivity contribution in [2.45, 2.75) is 29.7 Å². The molecule has 1 aliphatic rings.